The SMILES string of the molecule is CSC(C)c1ccn2ncnc2c1. The van der Waals surface area contributed by atoms with E-state index in [-0.39, 0.29) is 0 Å². The topological polar surface area (TPSA) is 30.2 Å². The maximum atomic E-state index is 4.14. The van der Waals surface area contributed by atoms with Crippen molar-refractivity contribution in [1.82, 2.24) is 14.6 Å². The van der Waals surface area contributed by atoms with E-state index >= 15 is 0 Å². The second kappa shape index (κ2) is 3.38. The minimum absolute atomic E-state index is 0.515. The standard InChI is InChI=1S/C9H11N3S/c1-7(13-2)8-3-4-12-9(5-8)10-6-11-12/h3-7H,1-2H3. The molecule has 0 bridgehead atoms. The number of rotatable bonds is 2. The maximum absolute atomic E-state index is 4.14. The van der Waals surface area contributed by atoms with Crippen LogP contribution in [0.3, 0.4) is 0 Å². The summed E-state index contributed by atoms with van der Waals surface area (Å²) in [4.78, 5) is 4.14. The average Bonchev–Trinajstić information content (AvgIpc) is 2.63. The Labute approximate surface area is 81.2 Å². The molecule has 4 heteroatoms. The normalized spacial score (nSPS) is 13.4. The smallest absolute Gasteiger partial charge is 0.155 e. The average molecular weight is 193 g/mol. The van der Waals surface area contributed by atoms with Crippen LogP contribution < -0.4 is 0 Å². The van der Waals surface area contributed by atoms with E-state index in [0.29, 0.717) is 5.25 Å². The molecule has 0 amide bonds. The summed E-state index contributed by atoms with van der Waals surface area (Å²) in [5.41, 5.74) is 2.21. The minimum Gasteiger partial charge on any atom is -0.221 e. The lowest BCUT2D eigenvalue weighted by Gasteiger charge is -2.07. The van der Waals surface area contributed by atoms with Gasteiger partial charge >= 0.3 is 0 Å². The molecule has 2 aromatic heterocycles. The van der Waals surface area contributed by atoms with E-state index in [1.54, 1.807) is 10.8 Å². The van der Waals surface area contributed by atoms with E-state index in [2.05, 4.69) is 35.4 Å². The van der Waals surface area contributed by atoms with Crippen LogP contribution in [0.1, 0.15) is 17.7 Å². The van der Waals surface area contributed by atoms with Crippen LogP contribution in [0.25, 0.3) is 5.65 Å². The van der Waals surface area contributed by atoms with Gasteiger partial charge in [-0.3, -0.25) is 0 Å². The van der Waals surface area contributed by atoms with Crippen molar-refractivity contribution >= 4 is 17.4 Å². The zero-order chi connectivity index (χ0) is 9.26. The molecule has 3 nitrogen and oxygen atoms in total. The number of hydrogen-bond acceptors (Lipinski definition) is 3. The van der Waals surface area contributed by atoms with Gasteiger partial charge in [-0.25, -0.2) is 9.50 Å². The second-order valence-electron chi connectivity index (χ2n) is 2.90. The molecule has 0 aliphatic carbocycles. The molecule has 0 fully saturated rings. The summed E-state index contributed by atoms with van der Waals surface area (Å²) in [6.45, 7) is 2.19. The number of nitrogens with zero attached hydrogens (tertiary/aromatic N) is 3. The van der Waals surface area contributed by atoms with Gasteiger partial charge in [0.2, 0.25) is 0 Å². The van der Waals surface area contributed by atoms with Crippen molar-refractivity contribution in [2.75, 3.05) is 6.26 Å². The molecule has 1 unspecified atom stereocenters. The molecule has 0 radical (unpaired) electrons. The third-order valence-corrected chi connectivity index (χ3v) is 3.11. The Hall–Kier alpha value is -1.03. The molecule has 0 aromatic carbocycles. The Morgan fingerprint density at radius 2 is 2.38 bits per heavy atom. The molecular formula is C9H11N3S. The van der Waals surface area contributed by atoms with Crippen LogP contribution in [0.2, 0.25) is 0 Å². The summed E-state index contributed by atoms with van der Waals surface area (Å²) >= 11 is 1.83. The Morgan fingerprint density at radius 3 is 3.15 bits per heavy atom. The maximum Gasteiger partial charge on any atom is 0.155 e. The largest absolute Gasteiger partial charge is 0.221 e. The Bertz CT molecular complexity index is 410. The summed E-state index contributed by atoms with van der Waals surface area (Å²) in [7, 11) is 0. The van der Waals surface area contributed by atoms with Crippen LogP contribution in [0.4, 0.5) is 0 Å². The summed E-state index contributed by atoms with van der Waals surface area (Å²) in [5, 5.41) is 4.56. The lowest BCUT2D eigenvalue weighted by Crippen LogP contribution is -1.91. The van der Waals surface area contributed by atoms with Crippen molar-refractivity contribution in [3.8, 4) is 0 Å². The van der Waals surface area contributed by atoms with E-state index in [9.17, 15) is 0 Å². The highest BCUT2D eigenvalue weighted by Crippen LogP contribution is 2.25. The lowest BCUT2D eigenvalue weighted by atomic mass is 10.2. The second-order valence-corrected chi connectivity index (χ2v) is 4.08. The summed E-state index contributed by atoms with van der Waals surface area (Å²) in [6.07, 6.45) is 5.63. The number of hydrogen-bond donors (Lipinski definition) is 0. The number of fused-ring (bicyclic) bond motifs is 1. The van der Waals surface area contributed by atoms with Gasteiger partial charge in [-0.1, -0.05) is 0 Å². The van der Waals surface area contributed by atoms with Crippen LogP contribution in [0, 0.1) is 0 Å². The fraction of sp³-hybridized carbons (Fsp3) is 0.333. The highest BCUT2D eigenvalue weighted by molar-refractivity contribution is 7.98. The highest BCUT2D eigenvalue weighted by atomic mass is 32.2. The molecule has 2 rings (SSSR count). The predicted molar refractivity (Wildman–Crippen MR) is 54.9 cm³/mol. The molecule has 0 spiro atoms. The molecule has 68 valence electrons. The molecular weight excluding hydrogens is 182 g/mol. The fourth-order valence-corrected chi connectivity index (χ4v) is 1.64. The quantitative estimate of drug-likeness (QED) is 0.732. The van der Waals surface area contributed by atoms with Gasteiger partial charge in [-0.2, -0.15) is 16.9 Å². The zero-order valence-corrected chi connectivity index (χ0v) is 8.45. The molecule has 0 saturated carbocycles. The molecule has 0 aliphatic rings. The Balaban J connectivity index is 2.48. The van der Waals surface area contributed by atoms with Crippen molar-refractivity contribution in [1.29, 1.82) is 0 Å². The molecule has 0 saturated heterocycles. The third-order valence-electron chi connectivity index (χ3n) is 2.13. The van der Waals surface area contributed by atoms with Crippen LogP contribution in [0.15, 0.2) is 24.7 Å². The molecule has 1 atom stereocenters. The summed E-state index contributed by atoms with van der Waals surface area (Å²) < 4.78 is 1.77. The Morgan fingerprint density at radius 1 is 1.54 bits per heavy atom. The van der Waals surface area contributed by atoms with Gasteiger partial charge in [-0.05, 0) is 30.9 Å². The van der Waals surface area contributed by atoms with Gasteiger partial charge < -0.3 is 0 Å². The van der Waals surface area contributed by atoms with Crippen molar-refractivity contribution in [2.45, 2.75) is 12.2 Å². The van der Waals surface area contributed by atoms with E-state index in [0.717, 1.165) is 5.65 Å². The summed E-state index contributed by atoms with van der Waals surface area (Å²) in [5.74, 6) is 0. The van der Waals surface area contributed by atoms with Gasteiger partial charge in [0.25, 0.3) is 0 Å². The van der Waals surface area contributed by atoms with Crippen molar-refractivity contribution in [3.63, 3.8) is 0 Å². The number of aromatic nitrogens is 3. The van der Waals surface area contributed by atoms with Crippen LogP contribution in [-0.2, 0) is 0 Å². The van der Waals surface area contributed by atoms with Crippen LogP contribution >= 0.6 is 11.8 Å². The monoisotopic (exact) mass is 193 g/mol. The fourth-order valence-electron chi connectivity index (χ4n) is 1.22. The summed E-state index contributed by atoms with van der Waals surface area (Å²) in [6, 6.07) is 4.16. The van der Waals surface area contributed by atoms with E-state index in [1.165, 1.54) is 5.56 Å². The first-order chi connectivity index (χ1) is 6.31. The minimum atomic E-state index is 0.515. The first-order valence-electron chi connectivity index (χ1n) is 4.13. The molecule has 2 heterocycles. The number of thioether (sulfide) groups is 1. The lowest BCUT2D eigenvalue weighted by molar-refractivity contribution is 0.949. The number of pyridine rings is 1. The van der Waals surface area contributed by atoms with Gasteiger partial charge in [0, 0.05) is 11.4 Å². The highest BCUT2D eigenvalue weighted by Gasteiger charge is 2.04. The first kappa shape index (κ1) is 8.56. The van der Waals surface area contributed by atoms with Crippen molar-refractivity contribution in [3.05, 3.63) is 30.2 Å². The van der Waals surface area contributed by atoms with Gasteiger partial charge in [0.05, 0.1) is 0 Å². The van der Waals surface area contributed by atoms with Crippen molar-refractivity contribution in [2.24, 2.45) is 0 Å². The van der Waals surface area contributed by atoms with Gasteiger partial charge in [0.15, 0.2) is 5.65 Å². The van der Waals surface area contributed by atoms with E-state index in [1.807, 2.05) is 18.0 Å². The van der Waals surface area contributed by atoms with Gasteiger partial charge in [0.1, 0.15) is 6.33 Å². The predicted octanol–water partition coefficient (Wildman–Crippen LogP) is 2.15. The van der Waals surface area contributed by atoms with E-state index < -0.39 is 0 Å². The molecule has 0 aliphatic heterocycles. The third kappa shape index (κ3) is 1.54. The van der Waals surface area contributed by atoms with Crippen molar-refractivity contribution < 1.29 is 0 Å². The van der Waals surface area contributed by atoms with E-state index in [4.69, 9.17) is 0 Å². The Kier molecular flexibility index (Phi) is 2.22. The zero-order valence-electron chi connectivity index (χ0n) is 7.64. The van der Waals surface area contributed by atoms with Crippen LogP contribution in [-0.4, -0.2) is 20.9 Å². The molecule has 2 aromatic rings. The van der Waals surface area contributed by atoms with Gasteiger partial charge in [-0.15, -0.1) is 0 Å². The molecule has 0 N–H and O–H groups in total. The first-order valence-corrected chi connectivity index (χ1v) is 5.42. The van der Waals surface area contributed by atoms with Crippen LogP contribution in [0.5, 0.6) is 0 Å². The molecule has 13 heavy (non-hydrogen) atoms.